The van der Waals surface area contributed by atoms with E-state index in [9.17, 15) is 0 Å². The van der Waals surface area contributed by atoms with Gasteiger partial charge in [0.15, 0.2) is 0 Å². The Hall–Kier alpha value is -0.760. The first-order valence-electron chi connectivity index (χ1n) is 5.00. The lowest BCUT2D eigenvalue weighted by atomic mass is 10.0. The van der Waals surface area contributed by atoms with E-state index in [4.69, 9.17) is 4.42 Å². The van der Waals surface area contributed by atoms with Crippen molar-refractivity contribution in [3.05, 3.63) is 24.2 Å². The SMILES string of the molecule is CC1CN(Cc2ccco2)CC1C. The lowest BCUT2D eigenvalue weighted by Gasteiger charge is -2.12. The van der Waals surface area contributed by atoms with Gasteiger partial charge in [-0.2, -0.15) is 0 Å². The summed E-state index contributed by atoms with van der Waals surface area (Å²) in [4.78, 5) is 2.47. The van der Waals surface area contributed by atoms with Crippen LogP contribution in [0.15, 0.2) is 22.8 Å². The second-order valence-electron chi connectivity index (χ2n) is 4.23. The van der Waals surface area contributed by atoms with Gasteiger partial charge in [0, 0.05) is 13.1 Å². The summed E-state index contributed by atoms with van der Waals surface area (Å²) in [6, 6.07) is 4.01. The molecule has 2 unspecified atom stereocenters. The van der Waals surface area contributed by atoms with Crippen molar-refractivity contribution in [1.29, 1.82) is 0 Å². The third-order valence-corrected chi connectivity index (χ3v) is 3.02. The molecule has 2 heteroatoms. The van der Waals surface area contributed by atoms with Crippen LogP contribution in [0.5, 0.6) is 0 Å². The molecule has 1 aromatic rings. The van der Waals surface area contributed by atoms with Gasteiger partial charge in [0.05, 0.1) is 12.8 Å². The van der Waals surface area contributed by atoms with Gasteiger partial charge in [-0.15, -0.1) is 0 Å². The molecule has 0 aliphatic carbocycles. The van der Waals surface area contributed by atoms with E-state index in [1.54, 1.807) is 6.26 Å². The second-order valence-corrected chi connectivity index (χ2v) is 4.23. The van der Waals surface area contributed by atoms with Crippen molar-refractivity contribution in [2.75, 3.05) is 13.1 Å². The Morgan fingerprint density at radius 1 is 1.38 bits per heavy atom. The third kappa shape index (κ3) is 1.94. The van der Waals surface area contributed by atoms with Crippen LogP contribution >= 0.6 is 0 Å². The third-order valence-electron chi connectivity index (χ3n) is 3.02. The molecule has 0 spiro atoms. The number of hydrogen-bond acceptors (Lipinski definition) is 2. The van der Waals surface area contributed by atoms with Crippen LogP contribution in [0.3, 0.4) is 0 Å². The molecule has 0 amide bonds. The van der Waals surface area contributed by atoms with E-state index >= 15 is 0 Å². The highest BCUT2D eigenvalue weighted by Gasteiger charge is 2.26. The zero-order chi connectivity index (χ0) is 9.26. The zero-order valence-electron chi connectivity index (χ0n) is 8.36. The first-order valence-corrected chi connectivity index (χ1v) is 5.00. The fraction of sp³-hybridized carbons (Fsp3) is 0.636. The summed E-state index contributed by atoms with van der Waals surface area (Å²) in [6.07, 6.45) is 1.75. The average molecular weight is 179 g/mol. The Morgan fingerprint density at radius 2 is 2.08 bits per heavy atom. The van der Waals surface area contributed by atoms with E-state index in [1.165, 1.54) is 13.1 Å². The number of likely N-dealkylation sites (tertiary alicyclic amines) is 1. The first kappa shape index (κ1) is 8.82. The van der Waals surface area contributed by atoms with Crippen LogP contribution in [-0.2, 0) is 6.54 Å². The van der Waals surface area contributed by atoms with Gasteiger partial charge in [-0.3, -0.25) is 4.90 Å². The smallest absolute Gasteiger partial charge is 0.117 e. The minimum absolute atomic E-state index is 0.829. The summed E-state index contributed by atoms with van der Waals surface area (Å²) in [7, 11) is 0. The fourth-order valence-electron chi connectivity index (χ4n) is 2.00. The van der Waals surface area contributed by atoms with Gasteiger partial charge in [-0.1, -0.05) is 13.8 Å². The van der Waals surface area contributed by atoms with Crippen LogP contribution < -0.4 is 0 Å². The van der Waals surface area contributed by atoms with E-state index < -0.39 is 0 Å². The van der Waals surface area contributed by atoms with Crippen LogP contribution in [0, 0.1) is 11.8 Å². The van der Waals surface area contributed by atoms with Crippen molar-refractivity contribution >= 4 is 0 Å². The van der Waals surface area contributed by atoms with Crippen molar-refractivity contribution in [1.82, 2.24) is 4.90 Å². The van der Waals surface area contributed by atoms with E-state index in [1.807, 2.05) is 12.1 Å². The highest BCUT2D eigenvalue weighted by molar-refractivity contribution is 4.98. The minimum atomic E-state index is 0.829. The van der Waals surface area contributed by atoms with Crippen molar-refractivity contribution in [2.45, 2.75) is 20.4 Å². The molecule has 1 aliphatic rings. The molecule has 0 bridgehead atoms. The molecule has 13 heavy (non-hydrogen) atoms. The summed E-state index contributed by atoms with van der Waals surface area (Å²) >= 11 is 0. The summed E-state index contributed by atoms with van der Waals surface area (Å²) in [5.74, 6) is 2.74. The van der Waals surface area contributed by atoms with Crippen LogP contribution in [0.1, 0.15) is 19.6 Å². The molecular weight excluding hydrogens is 162 g/mol. The Bertz CT molecular complexity index is 245. The van der Waals surface area contributed by atoms with Gasteiger partial charge in [0.25, 0.3) is 0 Å². The maximum Gasteiger partial charge on any atom is 0.117 e. The van der Waals surface area contributed by atoms with Crippen LogP contribution in [0.2, 0.25) is 0 Å². The van der Waals surface area contributed by atoms with Crippen molar-refractivity contribution in [3.8, 4) is 0 Å². The topological polar surface area (TPSA) is 16.4 Å². The minimum Gasteiger partial charge on any atom is -0.468 e. The first-order chi connectivity index (χ1) is 6.25. The molecule has 2 atom stereocenters. The van der Waals surface area contributed by atoms with Gasteiger partial charge in [-0.05, 0) is 24.0 Å². The number of rotatable bonds is 2. The average Bonchev–Trinajstić information content (AvgIpc) is 2.64. The normalized spacial score (nSPS) is 29.7. The lowest BCUT2D eigenvalue weighted by molar-refractivity contribution is 0.285. The van der Waals surface area contributed by atoms with E-state index in [0.29, 0.717) is 0 Å². The molecule has 1 fully saturated rings. The second kappa shape index (κ2) is 3.54. The van der Waals surface area contributed by atoms with E-state index in [2.05, 4.69) is 18.7 Å². The van der Waals surface area contributed by atoms with E-state index in [-0.39, 0.29) is 0 Å². The van der Waals surface area contributed by atoms with Crippen molar-refractivity contribution in [2.24, 2.45) is 11.8 Å². The molecule has 0 radical (unpaired) electrons. The predicted octanol–water partition coefficient (Wildman–Crippen LogP) is 2.37. The molecule has 0 saturated carbocycles. The standard InChI is InChI=1S/C11H17NO/c1-9-6-12(7-10(9)2)8-11-4-3-5-13-11/h3-5,9-10H,6-8H2,1-2H3. The number of nitrogens with zero attached hydrogens (tertiary/aromatic N) is 1. The molecule has 2 heterocycles. The molecular formula is C11H17NO. The van der Waals surface area contributed by atoms with Crippen molar-refractivity contribution < 1.29 is 4.42 Å². The van der Waals surface area contributed by atoms with Crippen LogP contribution in [0.4, 0.5) is 0 Å². The molecule has 72 valence electrons. The quantitative estimate of drug-likeness (QED) is 0.693. The van der Waals surface area contributed by atoms with Gasteiger partial charge >= 0.3 is 0 Å². The summed E-state index contributed by atoms with van der Waals surface area (Å²) < 4.78 is 5.32. The van der Waals surface area contributed by atoms with Crippen LogP contribution in [0.25, 0.3) is 0 Å². The Labute approximate surface area is 79.5 Å². The largest absolute Gasteiger partial charge is 0.468 e. The summed E-state index contributed by atoms with van der Waals surface area (Å²) in [5.41, 5.74) is 0. The summed E-state index contributed by atoms with van der Waals surface area (Å²) in [5, 5.41) is 0. The Kier molecular flexibility index (Phi) is 2.40. The lowest BCUT2D eigenvalue weighted by Crippen LogP contribution is -2.19. The van der Waals surface area contributed by atoms with E-state index in [0.717, 1.165) is 24.1 Å². The zero-order valence-corrected chi connectivity index (χ0v) is 8.36. The van der Waals surface area contributed by atoms with Crippen LogP contribution in [-0.4, -0.2) is 18.0 Å². The molecule has 2 nitrogen and oxygen atoms in total. The number of hydrogen-bond donors (Lipinski definition) is 0. The number of furan rings is 1. The fourth-order valence-corrected chi connectivity index (χ4v) is 2.00. The van der Waals surface area contributed by atoms with Gasteiger partial charge in [0.2, 0.25) is 0 Å². The maximum atomic E-state index is 5.32. The maximum absolute atomic E-state index is 5.32. The Balaban J connectivity index is 1.91. The molecule has 1 aliphatic heterocycles. The molecule has 2 rings (SSSR count). The monoisotopic (exact) mass is 179 g/mol. The molecule has 1 aromatic heterocycles. The summed E-state index contributed by atoms with van der Waals surface area (Å²) in [6.45, 7) is 8.05. The van der Waals surface area contributed by atoms with Crippen molar-refractivity contribution in [3.63, 3.8) is 0 Å². The predicted molar refractivity (Wildman–Crippen MR) is 52.3 cm³/mol. The van der Waals surface area contributed by atoms with Gasteiger partial charge < -0.3 is 4.42 Å². The Morgan fingerprint density at radius 3 is 2.62 bits per heavy atom. The highest BCUT2D eigenvalue weighted by Crippen LogP contribution is 2.23. The molecule has 1 saturated heterocycles. The highest BCUT2D eigenvalue weighted by atomic mass is 16.3. The molecule has 0 N–H and O–H groups in total. The van der Waals surface area contributed by atoms with Gasteiger partial charge in [-0.25, -0.2) is 0 Å². The van der Waals surface area contributed by atoms with Gasteiger partial charge in [0.1, 0.15) is 5.76 Å². The molecule has 0 aromatic carbocycles.